The molecule has 180 valence electrons. The third-order valence-electron chi connectivity index (χ3n) is 6.51. The maximum absolute atomic E-state index is 12.1. The minimum Gasteiger partial charge on any atom is -0.460 e. The highest BCUT2D eigenvalue weighted by Crippen LogP contribution is 2.25. The average Bonchev–Trinajstić information content (AvgIpc) is 2.70. The molecule has 33 heavy (non-hydrogen) atoms. The lowest BCUT2D eigenvalue weighted by atomic mass is 9.93. The van der Waals surface area contributed by atoms with Gasteiger partial charge in [0.15, 0.2) is 0 Å². The molecule has 9 heteroatoms. The topological polar surface area (TPSA) is 95.1 Å². The molecule has 0 atom stereocenters. The Kier molecular flexibility index (Phi) is 6.88. The molecule has 1 aromatic heterocycles. The number of nitrogens with one attached hydrogen (secondary N) is 1. The number of aromatic nitrogens is 1. The van der Waals surface area contributed by atoms with E-state index in [0.717, 1.165) is 51.4 Å². The van der Waals surface area contributed by atoms with E-state index in [-0.39, 0.29) is 23.9 Å². The van der Waals surface area contributed by atoms with Gasteiger partial charge in [-0.25, -0.2) is 9.78 Å². The molecule has 4 heterocycles. The Morgan fingerprint density at radius 3 is 2.48 bits per heavy atom. The highest BCUT2D eigenvalue weighted by molar-refractivity contribution is 5.96. The second-order valence-electron chi connectivity index (χ2n) is 10.4. The molecule has 0 bridgehead atoms. The largest absolute Gasteiger partial charge is 0.460 e. The summed E-state index contributed by atoms with van der Waals surface area (Å²) in [5, 5.41) is 2.39. The first kappa shape index (κ1) is 23.5. The maximum Gasteiger partial charge on any atom is 0.324 e. The maximum atomic E-state index is 12.1. The SMILES string of the molecule is CC(C)(C)OC(=O)CC1CCN(Cc2ccc(N3CC(N4CCC(=O)NC4=O)C3)nc2)CC1. The van der Waals surface area contributed by atoms with Gasteiger partial charge in [0.25, 0.3) is 0 Å². The van der Waals surface area contributed by atoms with Gasteiger partial charge in [0.1, 0.15) is 11.4 Å². The fourth-order valence-corrected chi connectivity index (χ4v) is 4.69. The number of nitrogens with zero attached hydrogens (tertiary/aromatic N) is 4. The van der Waals surface area contributed by atoms with Crippen LogP contribution in [-0.4, -0.2) is 77.1 Å². The predicted octanol–water partition coefficient (Wildman–Crippen LogP) is 2.16. The lowest BCUT2D eigenvalue weighted by Gasteiger charge is -2.46. The van der Waals surface area contributed by atoms with Crippen LogP contribution in [0, 0.1) is 5.92 Å². The number of ether oxygens (including phenoxy) is 1. The summed E-state index contributed by atoms with van der Waals surface area (Å²) in [5.41, 5.74) is 0.756. The number of urea groups is 1. The minimum atomic E-state index is -0.420. The van der Waals surface area contributed by atoms with E-state index in [2.05, 4.69) is 26.2 Å². The van der Waals surface area contributed by atoms with E-state index >= 15 is 0 Å². The smallest absolute Gasteiger partial charge is 0.324 e. The molecule has 1 N–H and O–H groups in total. The number of likely N-dealkylation sites (tertiary alicyclic amines) is 1. The van der Waals surface area contributed by atoms with Crippen molar-refractivity contribution in [2.75, 3.05) is 37.6 Å². The summed E-state index contributed by atoms with van der Waals surface area (Å²) < 4.78 is 5.46. The zero-order valence-corrected chi connectivity index (χ0v) is 19.9. The number of carbonyl (C=O) groups is 3. The van der Waals surface area contributed by atoms with Crippen LogP contribution in [0.1, 0.15) is 52.0 Å². The summed E-state index contributed by atoms with van der Waals surface area (Å²) in [4.78, 5) is 46.3. The molecule has 0 aromatic carbocycles. The van der Waals surface area contributed by atoms with E-state index in [1.54, 1.807) is 4.90 Å². The van der Waals surface area contributed by atoms with Gasteiger partial charge >= 0.3 is 12.0 Å². The first-order chi connectivity index (χ1) is 15.7. The summed E-state index contributed by atoms with van der Waals surface area (Å²) >= 11 is 0. The normalized spacial score (nSPS) is 21.1. The highest BCUT2D eigenvalue weighted by atomic mass is 16.6. The molecule has 0 saturated carbocycles. The van der Waals surface area contributed by atoms with Gasteiger partial charge in [-0.05, 0) is 64.3 Å². The van der Waals surface area contributed by atoms with Crippen LogP contribution in [0.2, 0.25) is 0 Å². The molecule has 3 saturated heterocycles. The summed E-state index contributed by atoms with van der Waals surface area (Å²) in [6.07, 6.45) is 4.83. The van der Waals surface area contributed by atoms with Gasteiger partial charge in [-0.3, -0.25) is 19.8 Å². The Balaban J connectivity index is 1.18. The van der Waals surface area contributed by atoms with Crippen molar-refractivity contribution in [1.82, 2.24) is 20.1 Å². The zero-order valence-electron chi connectivity index (χ0n) is 19.9. The molecular weight excluding hydrogens is 422 g/mol. The van der Waals surface area contributed by atoms with Crippen LogP contribution in [0.15, 0.2) is 18.3 Å². The van der Waals surface area contributed by atoms with Crippen LogP contribution < -0.4 is 10.2 Å². The number of piperidine rings is 1. The van der Waals surface area contributed by atoms with Gasteiger partial charge in [-0.15, -0.1) is 0 Å². The van der Waals surface area contributed by atoms with Crippen molar-refractivity contribution in [3.05, 3.63) is 23.9 Å². The molecule has 0 spiro atoms. The highest BCUT2D eigenvalue weighted by Gasteiger charge is 2.37. The van der Waals surface area contributed by atoms with Crippen LogP contribution in [-0.2, 0) is 20.9 Å². The Labute approximate surface area is 195 Å². The molecule has 0 aliphatic carbocycles. The van der Waals surface area contributed by atoms with Gasteiger partial charge in [0, 0.05) is 45.2 Å². The number of amides is 3. The predicted molar refractivity (Wildman–Crippen MR) is 124 cm³/mol. The van der Waals surface area contributed by atoms with Gasteiger partial charge < -0.3 is 14.5 Å². The number of carbonyl (C=O) groups excluding carboxylic acids is 3. The molecule has 3 aliphatic rings. The van der Waals surface area contributed by atoms with Gasteiger partial charge in [0.2, 0.25) is 5.91 Å². The standard InChI is InChI=1S/C24H35N5O4/c1-24(2,3)33-22(31)12-17-6-9-27(10-7-17)14-18-4-5-20(25-13-18)28-15-19(16-28)29-11-8-21(30)26-23(29)32/h4-5,13,17,19H,6-12,14-16H2,1-3H3,(H,26,30,32). The molecule has 9 nitrogen and oxygen atoms in total. The third kappa shape index (κ3) is 6.22. The number of anilines is 1. The molecule has 0 radical (unpaired) electrons. The van der Waals surface area contributed by atoms with Crippen molar-refractivity contribution in [2.45, 2.75) is 64.6 Å². The second-order valence-corrected chi connectivity index (χ2v) is 10.4. The van der Waals surface area contributed by atoms with Crippen molar-refractivity contribution in [1.29, 1.82) is 0 Å². The lowest BCUT2D eigenvalue weighted by molar-refractivity contribution is -0.156. The number of hydrogen-bond acceptors (Lipinski definition) is 7. The number of imide groups is 1. The summed E-state index contributed by atoms with van der Waals surface area (Å²) in [6.45, 7) is 10.5. The van der Waals surface area contributed by atoms with Crippen molar-refractivity contribution >= 4 is 23.7 Å². The molecule has 3 fully saturated rings. The number of rotatable bonds is 6. The molecule has 1 aromatic rings. The number of esters is 1. The summed E-state index contributed by atoms with van der Waals surface area (Å²) in [5.74, 6) is 1.02. The number of pyridine rings is 1. The first-order valence-corrected chi connectivity index (χ1v) is 11.9. The third-order valence-corrected chi connectivity index (χ3v) is 6.51. The molecule has 0 unspecified atom stereocenters. The van der Waals surface area contributed by atoms with Crippen molar-refractivity contribution < 1.29 is 19.1 Å². The Bertz CT molecular complexity index is 868. The minimum absolute atomic E-state index is 0.0941. The lowest BCUT2D eigenvalue weighted by Crippen LogP contribution is -2.65. The van der Waals surface area contributed by atoms with Crippen molar-refractivity contribution in [3.8, 4) is 0 Å². The van der Waals surface area contributed by atoms with E-state index in [1.165, 1.54) is 5.56 Å². The first-order valence-electron chi connectivity index (χ1n) is 11.9. The fourth-order valence-electron chi connectivity index (χ4n) is 4.69. The fraction of sp³-hybridized carbons (Fsp3) is 0.667. The van der Waals surface area contributed by atoms with E-state index in [1.807, 2.05) is 33.0 Å². The quantitative estimate of drug-likeness (QED) is 0.654. The number of hydrogen-bond donors (Lipinski definition) is 1. The van der Waals surface area contributed by atoms with E-state index in [0.29, 0.717) is 25.3 Å². The monoisotopic (exact) mass is 457 g/mol. The molecule has 3 amide bonds. The van der Waals surface area contributed by atoms with Gasteiger partial charge in [-0.1, -0.05) is 6.07 Å². The molecular formula is C24H35N5O4. The van der Waals surface area contributed by atoms with Crippen LogP contribution in [0.3, 0.4) is 0 Å². The van der Waals surface area contributed by atoms with Crippen LogP contribution in [0.25, 0.3) is 0 Å². The Hall–Kier alpha value is -2.68. The average molecular weight is 458 g/mol. The van der Waals surface area contributed by atoms with Crippen molar-refractivity contribution in [2.24, 2.45) is 5.92 Å². The zero-order chi connectivity index (χ0) is 23.6. The summed E-state index contributed by atoms with van der Waals surface area (Å²) in [6, 6.07) is 4.01. The Morgan fingerprint density at radius 2 is 1.88 bits per heavy atom. The van der Waals surface area contributed by atoms with Crippen LogP contribution in [0.4, 0.5) is 10.6 Å². The van der Waals surface area contributed by atoms with E-state index in [4.69, 9.17) is 4.74 Å². The van der Waals surface area contributed by atoms with E-state index in [9.17, 15) is 14.4 Å². The second kappa shape index (κ2) is 9.67. The van der Waals surface area contributed by atoms with E-state index < -0.39 is 5.60 Å². The van der Waals surface area contributed by atoms with Crippen molar-refractivity contribution in [3.63, 3.8) is 0 Å². The van der Waals surface area contributed by atoms with Gasteiger partial charge in [-0.2, -0.15) is 0 Å². The summed E-state index contributed by atoms with van der Waals surface area (Å²) in [7, 11) is 0. The molecule has 3 aliphatic heterocycles. The van der Waals surface area contributed by atoms with Crippen LogP contribution >= 0.6 is 0 Å². The Morgan fingerprint density at radius 1 is 1.15 bits per heavy atom. The molecule has 4 rings (SSSR count). The van der Waals surface area contributed by atoms with Crippen LogP contribution in [0.5, 0.6) is 0 Å². The van der Waals surface area contributed by atoms with Gasteiger partial charge in [0.05, 0.1) is 6.04 Å².